The van der Waals surface area contributed by atoms with E-state index in [-0.39, 0.29) is 5.91 Å². The van der Waals surface area contributed by atoms with Crippen LogP contribution in [0, 0.1) is 0 Å². The highest BCUT2D eigenvalue weighted by Crippen LogP contribution is 2.25. The number of hydrogen-bond donors (Lipinski definition) is 2. The third-order valence-electron chi connectivity index (χ3n) is 2.45. The lowest BCUT2D eigenvalue weighted by Gasteiger charge is -2.04. The minimum Gasteiger partial charge on any atom is -0.268 e. The van der Waals surface area contributed by atoms with E-state index in [1.54, 1.807) is 35.7 Å². The molecule has 0 spiro atoms. The van der Waals surface area contributed by atoms with E-state index in [0.29, 0.717) is 20.5 Å². The summed E-state index contributed by atoms with van der Waals surface area (Å²) in [4.78, 5) is 23.7. The molecule has 0 radical (unpaired) electrons. The molecule has 0 fully saturated rings. The number of halogens is 2. The molecule has 0 aliphatic carbocycles. The third-order valence-corrected chi connectivity index (χ3v) is 3.97. The van der Waals surface area contributed by atoms with E-state index in [0.717, 1.165) is 0 Å². The molecule has 0 saturated heterocycles. The van der Waals surface area contributed by atoms with Gasteiger partial charge in [0, 0.05) is 21.7 Å². The van der Waals surface area contributed by atoms with Gasteiger partial charge in [-0.2, -0.15) is 0 Å². The quantitative estimate of drug-likeness (QED) is 0.663. The summed E-state index contributed by atoms with van der Waals surface area (Å²) in [5.74, 6) is -0.863. The van der Waals surface area contributed by atoms with Gasteiger partial charge < -0.3 is 0 Å². The maximum Gasteiger partial charge on any atom is 0.279 e. The standard InChI is InChI=1S/C14H10Cl2N2O2S/c15-10-3-1-4-11(16)9(10)6-7-13(19)17-18-14(20)12-5-2-8-21-12/h1-8H,(H,17,19)(H,18,20)/b7-6+. The number of benzene rings is 1. The first-order valence-corrected chi connectivity index (χ1v) is 7.47. The first-order valence-electron chi connectivity index (χ1n) is 5.84. The van der Waals surface area contributed by atoms with E-state index >= 15 is 0 Å². The van der Waals surface area contributed by atoms with Gasteiger partial charge in [-0.15, -0.1) is 11.3 Å². The number of nitrogens with one attached hydrogen (secondary N) is 2. The van der Waals surface area contributed by atoms with Crippen LogP contribution in [-0.4, -0.2) is 11.8 Å². The highest BCUT2D eigenvalue weighted by molar-refractivity contribution is 7.12. The highest BCUT2D eigenvalue weighted by atomic mass is 35.5. The van der Waals surface area contributed by atoms with Crippen molar-refractivity contribution < 1.29 is 9.59 Å². The number of hydrogen-bond acceptors (Lipinski definition) is 3. The van der Waals surface area contributed by atoms with Crippen LogP contribution >= 0.6 is 34.5 Å². The third kappa shape index (κ3) is 4.32. The Kier molecular flexibility index (Phi) is 5.38. The first kappa shape index (κ1) is 15.6. The Morgan fingerprint density at radius 3 is 2.38 bits per heavy atom. The van der Waals surface area contributed by atoms with Crippen molar-refractivity contribution in [2.75, 3.05) is 0 Å². The number of amides is 2. The van der Waals surface area contributed by atoms with Gasteiger partial charge in [-0.05, 0) is 29.7 Å². The summed E-state index contributed by atoms with van der Waals surface area (Å²) < 4.78 is 0. The summed E-state index contributed by atoms with van der Waals surface area (Å²) in [5, 5.41) is 2.65. The smallest absolute Gasteiger partial charge is 0.268 e. The summed E-state index contributed by atoms with van der Waals surface area (Å²) in [6.45, 7) is 0. The normalized spacial score (nSPS) is 10.6. The van der Waals surface area contributed by atoms with Crippen molar-refractivity contribution in [3.63, 3.8) is 0 Å². The van der Waals surface area contributed by atoms with Crippen LogP contribution in [0.4, 0.5) is 0 Å². The minimum atomic E-state index is -0.490. The van der Waals surface area contributed by atoms with Crippen LogP contribution in [0.25, 0.3) is 6.08 Å². The number of rotatable bonds is 3. The molecule has 2 aromatic rings. The molecule has 21 heavy (non-hydrogen) atoms. The molecule has 1 aromatic carbocycles. The van der Waals surface area contributed by atoms with E-state index in [1.807, 2.05) is 0 Å². The fraction of sp³-hybridized carbons (Fsp3) is 0. The van der Waals surface area contributed by atoms with Crippen LogP contribution in [0.1, 0.15) is 15.2 Å². The van der Waals surface area contributed by atoms with Crippen molar-refractivity contribution in [1.82, 2.24) is 10.9 Å². The van der Waals surface area contributed by atoms with Gasteiger partial charge in [0.05, 0.1) is 4.88 Å². The Labute approximate surface area is 135 Å². The van der Waals surface area contributed by atoms with Crippen LogP contribution in [0.3, 0.4) is 0 Å². The molecule has 4 nitrogen and oxygen atoms in total. The molecule has 108 valence electrons. The first-order chi connectivity index (χ1) is 10.1. The van der Waals surface area contributed by atoms with E-state index in [2.05, 4.69) is 10.9 Å². The van der Waals surface area contributed by atoms with Crippen LogP contribution in [0.5, 0.6) is 0 Å². The van der Waals surface area contributed by atoms with E-state index < -0.39 is 5.91 Å². The second kappa shape index (κ2) is 7.26. The van der Waals surface area contributed by atoms with Crippen LogP contribution < -0.4 is 10.9 Å². The monoisotopic (exact) mass is 340 g/mol. The fourth-order valence-corrected chi connectivity index (χ4v) is 2.60. The van der Waals surface area contributed by atoms with Crippen molar-refractivity contribution in [1.29, 1.82) is 0 Å². The molecule has 2 rings (SSSR count). The molecule has 2 N–H and O–H groups in total. The lowest BCUT2D eigenvalue weighted by atomic mass is 10.2. The minimum absolute atomic E-state index is 0.373. The molecule has 0 aliphatic heterocycles. The zero-order valence-electron chi connectivity index (χ0n) is 10.6. The largest absolute Gasteiger partial charge is 0.279 e. The molecule has 7 heteroatoms. The molecule has 0 atom stereocenters. The predicted octanol–water partition coefficient (Wildman–Crippen LogP) is 3.53. The Bertz CT molecular complexity index is 664. The summed E-state index contributed by atoms with van der Waals surface area (Å²) in [5.41, 5.74) is 5.12. The number of thiophene rings is 1. The molecule has 0 bridgehead atoms. The van der Waals surface area contributed by atoms with Gasteiger partial charge in [0.2, 0.25) is 0 Å². The van der Waals surface area contributed by atoms with E-state index in [9.17, 15) is 9.59 Å². The lowest BCUT2D eigenvalue weighted by Crippen LogP contribution is -2.40. The van der Waals surface area contributed by atoms with Gasteiger partial charge in [-0.3, -0.25) is 20.4 Å². The SMILES string of the molecule is O=C(/C=C/c1c(Cl)cccc1Cl)NNC(=O)c1cccs1. The second-order valence-electron chi connectivity index (χ2n) is 3.89. The maximum atomic E-state index is 11.6. The number of carbonyl (C=O) groups excluding carboxylic acids is 2. The Morgan fingerprint density at radius 1 is 1.05 bits per heavy atom. The van der Waals surface area contributed by atoms with Crippen LogP contribution in [0.2, 0.25) is 10.0 Å². The van der Waals surface area contributed by atoms with Crippen LogP contribution in [0.15, 0.2) is 41.8 Å². The van der Waals surface area contributed by atoms with Gasteiger partial charge in [-0.1, -0.05) is 35.3 Å². The van der Waals surface area contributed by atoms with Gasteiger partial charge in [-0.25, -0.2) is 0 Å². The Balaban J connectivity index is 1.93. The van der Waals surface area contributed by atoms with E-state index in [4.69, 9.17) is 23.2 Å². The average molecular weight is 341 g/mol. The predicted molar refractivity (Wildman–Crippen MR) is 85.4 cm³/mol. The zero-order valence-corrected chi connectivity index (χ0v) is 12.9. The van der Waals surface area contributed by atoms with Gasteiger partial charge in [0.1, 0.15) is 0 Å². The summed E-state index contributed by atoms with van der Waals surface area (Å²) in [7, 11) is 0. The van der Waals surface area contributed by atoms with Crippen molar-refractivity contribution in [2.45, 2.75) is 0 Å². The summed E-state index contributed by atoms with van der Waals surface area (Å²) in [6, 6.07) is 8.46. The summed E-state index contributed by atoms with van der Waals surface area (Å²) >= 11 is 13.2. The van der Waals surface area contributed by atoms with Crippen molar-refractivity contribution in [2.24, 2.45) is 0 Å². The fourth-order valence-electron chi connectivity index (χ4n) is 1.46. The molecule has 0 aliphatic rings. The Hall–Kier alpha value is -1.82. The molecule has 0 unspecified atom stereocenters. The molecule has 2 amide bonds. The molecule has 1 heterocycles. The van der Waals surface area contributed by atoms with Crippen molar-refractivity contribution >= 4 is 52.4 Å². The number of hydrazine groups is 1. The summed E-state index contributed by atoms with van der Waals surface area (Å²) in [6.07, 6.45) is 2.72. The molecule has 0 saturated carbocycles. The lowest BCUT2D eigenvalue weighted by molar-refractivity contribution is -0.117. The van der Waals surface area contributed by atoms with Gasteiger partial charge in [0.25, 0.3) is 11.8 Å². The van der Waals surface area contributed by atoms with Crippen molar-refractivity contribution in [3.8, 4) is 0 Å². The Morgan fingerprint density at radius 2 is 1.76 bits per heavy atom. The van der Waals surface area contributed by atoms with Gasteiger partial charge in [0.15, 0.2) is 0 Å². The zero-order chi connectivity index (χ0) is 15.2. The van der Waals surface area contributed by atoms with Crippen molar-refractivity contribution in [3.05, 3.63) is 62.3 Å². The highest BCUT2D eigenvalue weighted by Gasteiger charge is 2.07. The molecule has 1 aromatic heterocycles. The average Bonchev–Trinajstić information content (AvgIpc) is 2.98. The maximum absolute atomic E-state index is 11.6. The second-order valence-corrected chi connectivity index (χ2v) is 5.65. The molecular weight excluding hydrogens is 331 g/mol. The molecular formula is C14H10Cl2N2O2S. The van der Waals surface area contributed by atoms with Crippen LogP contribution in [-0.2, 0) is 4.79 Å². The topological polar surface area (TPSA) is 58.2 Å². The number of carbonyl (C=O) groups is 2. The van der Waals surface area contributed by atoms with E-state index in [1.165, 1.54) is 23.5 Å². The van der Waals surface area contributed by atoms with Gasteiger partial charge >= 0.3 is 0 Å².